The predicted octanol–water partition coefficient (Wildman–Crippen LogP) is 3.49. The highest BCUT2D eigenvalue weighted by Crippen LogP contribution is 2.40. The molecule has 2 aliphatic heterocycles. The Morgan fingerprint density at radius 1 is 1.24 bits per heavy atom. The number of anilines is 1. The maximum atomic E-state index is 13.4. The Hall–Kier alpha value is -2.14. The smallest absolute Gasteiger partial charge is 0.296 e. The minimum atomic E-state index is -0.0434. The summed E-state index contributed by atoms with van der Waals surface area (Å²) < 4.78 is 5.90. The number of amides is 1. The van der Waals surface area contributed by atoms with Gasteiger partial charge in [0.2, 0.25) is 5.76 Å². The number of aromatic nitrogens is 1. The number of para-hydroxylation sites is 1. The van der Waals surface area contributed by atoms with E-state index in [1.807, 2.05) is 17.9 Å². The number of aryl methyl sites for hydroxylation is 1. The fourth-order valence-corrected chi connectivity index (χ4v) is 4.18. The van der Waals surface area contributed by atoms with Crippen molar-refractivity contribution in [1.29, 1.82) is 0 Å². The van der Waals surface area contributed by atoms with Crippen molar-refractivity contribution in [2.24, 2.45) is 0 Å². The first-order chi connectivity index (χ1) is 12.2. The SMILES string of the molecule is Cc1nc(C2CC2)oc1C(=O)N1C[C@@H]2CCCN2Cc2ccccc21. The van der Waals surface area contributed by atoms with Crippen molar-refractivity contribution in [2.45, 2.75) is 51.1 Å². The summed E-state index contributed by atoms with van der Waals surface area (Å²) in [5.41, 5.74) is 2.96. The molecule has 0 spiro atoms. The lowest BCUT2D eigenvalue weighted by Crippen LogP contribution is -2.40. The first-order valence-electron chi connectivity index (χ1n) is 9.32. The second-order valence-corrected chi connectivity index (χ2v) is 7.55. The number of hydrogen-bond acceptors (Lipinski definition) is 4. The van der Waals surface area contributed by atoms with Crippen LogP contribution in [0, 0.1) is 6.92 Å². The average molecular weight is 337 g/mol. The molecule has 25 heavy (non-hydrogen) atoms. The lowest BCUT2D eigenvalue weighted by molar-refractivity contribution is 0.0951. The van der Waals surface area contributed by atoms with Crippen LogP contribution in [0.1, 0.15) is 59.3 Å². The normalized spacial score (nSPS) is 23.2. The molecule has 130 valence electrons. The Balaban J connectivity index is 1.53. The molecule has 2 fully saturated rings. The van der Waals surface area contributed by atoms with Crippen LogP contribution in [0.5, 0.6) is 0 Å². The Morgan fingerprint density at radius 2 is 2.08 bits per heavy atom. The van der Waals surface area contributed by atoms with Gasteiger partial charge in [-0.15, -0.1) is 0 Å². The zero-order valence-electron chi connectivity index (χ0n) is 14.6. The molecular formula is C20H23N3O2. The molecule has 1 amide bonds. The van der Waals surface area contributed by atoms with E-state index in [-0.39, 0.29) is 5.91 Å². The van der Waals surface area contributed by atoms with E-state index < -0.39 is 0 Å². The minimum Gasteiger partial charge on any atom is -0.435 e. The molecule has 3 heterocycles. The van der Waals surface area contributed by atoms with Crippen molar-refractivity contribution in [1.82, 2.24) is 9.88 Å². The summed E-state index contributed by atoms with van der Waals surface area (Å²) in [5.74, 6) is 1.54. The van der Waals surface area contributed by atoms with Gasteiger partial charge in [0.1, 0.15) is 0 Å². The van der Waals surface area contributed by atoms with Crippen molar-refractivity contribution in [3.8, 4) is 0 Å². The highest BCUT2D eigenvalue weighted by Gasteiger charge is 2.36. The third kappa shape index (κ3) is 2.58. The molecule has 1 saturated carbocycles. The average Bonchev–Trinajstić information content (AvgIpc) is 3.30. The van der Waals surface area contributed by atoms with Crippen LogP contribution < -0.4 is 4.90 Å². The standard InChI is InChI=1S/C20H23N3O2/c1-13-18(25-19(21-13)14-8-9-14)20(24)23-12-16-6-4-10-22(16)11-15-5-2-3-7-17(15)23/h2-3,5,7,14,16H,4,6,8-12H2,1H3/t16-/m0/s1. The molecule has 1 atom stereocenters. The number of nitrogens with zero attached hydrogens (tertiary/aromatic N) is 3. The Morgan fingerprint density at radius 3 is 2.92 bits per heavy atom. The first-order valence-corrected chi connectivity index (χ1v) is 9.32. The monoisotopic (exact) mass is 337 g/mol. The molecule has 0 unspecified atom stereocenters. The summed E-state index contributed by atoms with van der Waals surface area (Å²) in [5, 5.41) is 0. The van der Waals surface area contributed by atoms with Crippen LogP contribution in [0.2, 0.25) is 0 Å². The van der Waals surface area contributed by atoms with Gasteiger partial charge in [-0.05, 0) is 50.8 Å². The third-order valence-corrected chi connectivity index (χ3v) is 5.73. The van der Waals surface area contributed by atoms with E-state index in [1.165, 1.54) is 12.0 Å². The largest absolute Gasteiger partial charge is 0.435 e. The van der Waals surface area contributed by atoms with Crippen LogP contribution in [0.3, 0.4) is 0 Å². The molecule has 1 saturated heterocycles. The van der Waals surface area contributed by atoms with Crippen LogP contribution in [0.4, 0.5) is 5.69 Å². The summed E-state index contributed by atoms with van der Waals surface area (Å²) in [7, 11) is 0. The Bertz CT molecular complexity index is 824. The molecule has 5 rings (SSSR count). The van der Waals surface area contributed by atoms with E-state index in [1.54, 1.807) is 0 Å². The number of benzene rings is 1. The van der Waals surface area contributed by atoms with Gasteiger partial charge in [-0.3, -0.25) is 9.69 Å². The molecule has 5 heteroatoms. The van der Waals surface area contributed by atoms with E-state index in [0.29, 0.717) is 17.7 Å². The third-order valence-electron chi connectivity index (χ3n) is 5.73. The van der Waals surface area contributed by atoms with Gasteiger partial charge in [-0.1, -0.05) is 18.2 Å². The number of oxazole rings is 1. The fourth-order valence-electron chi connectivity index (χ4n) is 4.18. The van der Waals surface area contributed by atoms with E-state index in [0.717, 1.165) is 56.2 Å². The molecule has 0 radical (unpaired) electrons. The quantitative estimate of drug-likeness (QED) is 0.842. The van der Waals surface area contributed by atoms with Gasteiger partial charge in [0.15, 0.2) is 5.89 Å². The van der Waals surface area contributed by atoms with Crippen LogP contribution in [0.25, 0.3) is 0 Å². The second-order valence-electron chi connectivity index (χ2n) is 7.55. The summed E-state index contributed by atoms with van der Waals surface area (Å²) >= 11 is 0. The minimum absolute atomic E-state index is 0.0434. The summed E-state index contributed by atoms with van der Waals surface area (Å²) in [4.78, 5) is 22.3. The highest BCUT2D eigenvalue weighted by atomic mass is 16.4. The van der Waals surface area contributed by atoms with Gasteiger partial charge in [-0.25, -0.2) is 4.98 Å². The predicted molar refractivity (Wildman–Crippen MR) is 94.8 cm³/mol. The van der Waals surface area contributed by atoms with Crippen molar-refractivity contribution < 1.29 is 9.21 Å². The highest BCUT2D eigenvalue weighted by molar-refractivity contribution is 6.05. The van der Waals surface area contributed by atoms with Crippen LogP contribution >= 0.6 is 0 Å². The lowest BCUT2D eigenvalue weighted by atomic mass is 10.1. The molecule has 0 N–H and O–H groups in total. The van der Waals surface area contributed by atoms with Gasteiger partial charge >= 0.3 is 0 Å². The number of carbonyl (C=O) groups excluding carboxylic acids is 1. The number of carbonyl (C=O) groups is 1. The zero-order valence-corrected chi connectivity index (χ0v) is 14.6. The molecule has 1 aromatic heterocycles. The van der Waals surface area contributed by atoms with E-state index >= 15 is 0 Å². The van der Waals surface area contributed by atoms with Crippen LogP contribution in [0.15, 0.2) is 28.7 Å². The molecule has 1 aliphatic carbocycles. The summed E-state index contributed by atoms with van der Waals surface area (Å²) in [6.45, 7) is 4.66. The Labute approximate surface area is 147 Å². The van der Waals surface area contributed by atoms with Gasteiger partial charge in [0, 0.05) is 30.7 Å². The number of hydrogen-bond donors (Lipinski definition) is 0. The van der Waals surface area contributed by atoms with Crippen molar-refractivity contribution in [2.75, 3.05) is 18.0 Å². The van der Waals surface area contributed by atoms with Crippen LogP contribution in [-0.2, 0) is 6.54 Å². The molecule has 1 aromatic carbocycles. The first kappa shape index (κ1) is 15.1. The number of rotatable bonds is 2. The van der Waals surface area contributed by atoms with Gasteiger partial charge in [0.05, 0.1) is 5.69 Å². The van der Waals surface area contributed by atoms with E-state index in [4.69, 9.17) is 4.42 Å². The van der Waals surface area contributed by atoms with E-state index in [2.05, 4.69) is 28.1 Å². The summed E-state index contributed by atoms with van der Waals surface area (Å²) in [6.07, 6.45) is 4.61. The van der Waals surface area contributed by atoms with Gasteiger partial charge in [-0.2, -0.15) is 0 Å². The van der Waals surface area contributed by atoms with Crippen LogP contribution in [-0.4, -0.2) is 34.9 Å². The molecular weight excluding hydrogens is 314 g/mol. The van der Waals surface area contributed by atoms with Crippen molar-refractivity contribution in [3.05, 3.63) is 47.2 Å². The number of fused-ring (bicyclic) bond motifs is 2. The summed E-state index contributed by atoms with van der Waals surface area (Å²) in [6, 6.07) is 8.70. The second kappa shape index (κ2) is 5.70. The zero-order chi connectivity index (χ0) is 17.0. The fraction of sp³-hybridized carbons (Fsp3) is 0.500. The van der Waals surface area contributed by atoms with Gasteiger partial charge in [0.25, 0.3) is 5.91 Å². The molecule has 0 bridgehead atoms. The van der Waals surface area contributed by atoms with Crippen molar-refractivity contribution >= 4 is 11.6 Å². The Kier molecular flexibility index (Phi) is 3.45. The maximum absolute atomic E-state index is 13.4. The topological polar surface area (TPSA) is 49.6 Å². The van der Waals surface area contributed by atoms with E-state index in [9.17, 15) is 4.79 Å². The lowest BCUT2D eigenvalue weighted by Gasteiger charge is -2.25. The van der Waals surface area contributed by atoms with Crippen molar-refractivity contribution in [3.63, 3.8) is 0 Å². The molecule has 3 aliphatic rings. The maximum Gasteiger partial charge on any atom is 0.296 e. The van der Waals surface area contributed by atoms with Gasteiger partial charge < -0.3 is 9.32 Å². The molecule has 2 aromatic rings. The molecule has 5 nitrogen and oxygen atoms in total.